The minimum absolute atomic E-state index is 0.373. The Hall–Kier alpha value is -0.800. The average Bonchev–Trinajstić information content (AvgIpc) is 2.38. The molecule has 1 saturated carbocycles. The molecule has 0 aromatic heterocycles. The minimum Gasteiger partial charge on any atom is -0.389 e. The monoisotopic (exact) mass is 282 g/mol. The van der Waals surface area contributed by atoms with Gasteiger partial charge in [0.1, 0.15) is 4.99 Å². The molecule has 4 heteroatoms. The van der Waals surface area contributed by atoms with Gasteiger partial charge in [-0.2, -0.15) is 0 Å². The number of thiocarbonyl (C=S) groups is 1. The molecule has 1 fully saturated rings. The van der Waals surface area contributed by atoms with E-state index >= 15 is 0 Å². The van der Waals surface area contributed by atoms with Crippen molar-refractivity contribution in [3.63, 3.8) is 0 Å². The summed E-state index contributed by atoms with van der Waals surface area (Å²) in [7, 11) is 2.11. The normalized spacial score (nSPS) is 16.6. The van der Waals surface area contributed by atoms with Gasteiger partial charge in [-0.05, 0) is 25.0 Å². The maximum atomic E-state index is 6.21. The van der Waals surface area contributed by atoms with E-state index < -0.39 is 0 Å². The first kappa shape index (κ1) is 13.6. The summed E-state index contributed by atoms with van der Waals surface area (Å²) >= 11 is 11.3. The summed E-state index contributed by atoms with van der Waals surface area (Å²) in [5.41, 5.74) is 7.67. The molecular weight excluding hydrogens is 264 g/mol. The highest BCUT2D eigenvalue weighted by Crippen LogP contribution is 2.31. The number of nitrogens with zero attached hydrogens (tertiary/aromatic N) is 1. The summed E-state index contributed by atoms with van der Waals surface area (Å²) in [6.45, 7) is 0. The third kappa shape index (κ3) is 2.78. The van der Waals surface area contributed by atoms with Crippen LogP contribution >= 0.6 is 23.8 Å². The Morgan fingerprint density at radius 3 is 2.61 bits per heavy atom. The third-order valence-electron chi connectivity index (χ3n) is 3.74. The van der Waals surface area contributed by atoms with Gasteiger partial charge in [0.15, 0.2) is 0 Å². The molecule has 0 bridgehead atoms. The van der Waals surface area contributed by atoms with Crippen molar-refractivity contribution in [1.29, 1.82) is 0 Å². The van der Waals surface area contributed by atoms with Crippen LogP contribution in [0.2, 0.25) is 5.02 Å². The first-order chi connectivity index (χ1) is 8.61. The maximum Gasteiger partial charge on any atom is 0.107 e. The van der Waals surface area contributed by atoms with Crippen molar-refractivity contribution in [3.8, 4) is 0 Å². The molecule has 2 nitrogen and oxygen atoms in total. The molecule has 98 valence electrons. The van der Waals surface area contributed by atoms with Crippen molar-refractivity contribution in [2.75, 3.05) is 11.9 Å². The molecule has 1 aliphatic rings. The Balaban J connectivity index is 2.31. The number of rotatable bonds is 3. The fourth-order valence-corrected chi connectivity index (χ4v) is 3.26. The highest BCUT2D eigenvalue weighted by molar-refractivity contribution is 7.80. The number of hydrogen-bond acceptors (Lipinski definition) is 2. The average molecular weight is 283 g/mol. The van der Waals surface area contributed by atoms with Crippen LogP contribution in [0.3, 0.4) is 0 Å². The molecule has 0 spiro atoms. The van der Waals surface area contributed by atoms with Crippen LogP contribution in [0, 0.1) is 0 Å². The van der Waals surface area contributed by atoms with E-state index in [0.717, 1.165) is 11.3 Å². The molecule has 1 aromatic rings. The molecule has 1 aromatic carbocycles. The summed E-state index contributed by atoms with van der Waals surface area (Å²) in [5.74, 6) is 0. The SMILES string of the molecule is CN(c1cccc(Cl)c1C(N)=S)C1CCCCC1. The largest absolute Gasteiger partial charge is 0.389 e. The number of nitrogens with two attached hydrogens (primary N) is 1. The molecule has 0 saturated heterocycles. The van der Waals surface area contributed by atoms with E-state index in [2.05, 4.69) is 18.0 Å². The van der Waals surface area contributed by atoms with E-state index in [4.69, 9.17) is 29.6 Å². The van der Waals surface area contributed by atoms with Crippen LogP contribution in [0.15, 0.2) is 18.2 Å². The van der Waals surface area contributed by atoms with Crippen molar-refractivity contribution >= 4 is 34.5 Å². The van der Waals surface area contributed by atoms with Crippen molar-refractivity contribution < 1.29 is 0 Å². The summed E-state index contributed by atoms with van der Waals surface area (Å²) < 4.78 is 0. The number of halogens is 1. The van der Waals surface area contributed by atoms with Crippen LogP contribution in [-0.4, -0.2) is 18.1 Å². The first-order valence-electron chi connectivity index (χ1n) is 6.42. The lowest BCUT2D eigenvalue weighted by Gasteiger charge is -2.34. The highest BCUT2D eigenvalue weighted by Gasteiger charge is 2.21. The second-order valence-corrected chi connectivity index (χ2v) is 5.75. The van der Waals surface area contributed by atoms with Gasteiger partial charge in [0.2, 0.25) is 0 Å². The Morgan fingerprint density at radius 1 is 1.33 bits per heavy atom. The van der Waals surface area contributed by atoms with E-state index in [1.165, 1.54) is 32.1 Å². The topological polar surface area (TPSA) is 29.3 Å². The Morgan fingerprint density at radius 2 is 2.00 bits per heavy atom. The van der Waals surface area contributed by atoms with Gasteiger partial charge in [0.25, 0.3) is 0 Å². The van der Waals surface area contributed by atoms with Crippen LogP contribution < -0.4 is 10.6 Å². The molecule has 2 rings (SSSR count). The van der Waals surface area contributed by atoms with E-state index in [1.807, 2.05) is 12.1 Å². The summed E-state index contributed by atoms with van der Waals surface area (Å²) in [6.07, 6.45) is 6.43. The van der Waals surface area contributed by atoms with E-state index in [0.29, 0.717) is 16.1 Å². The van der Waals surface area contributed by atoms with Crippen LogP contribution in [-0.2, 0) is 0 Å². The van der Waals surface area contributed by atoms with Crippen LogP contribution in [0.25, 0.3) is 0 Å². The molecule has 2 N–H and O–H groups in total. The zero-order valence-corrected chi connectivity index (χ0v) is 12.2. The minimum atomic E-state index is 0.373. The van der Waals surface area contributed by atoms with Crippen LogP contribution in [0.5, 0.6) is 0 Å². The van der Waals surface area contributed by atoms with E-state index in [1.54, 1.807) is 0 Å². The van der Waals surface area contributed by atoms with Gasteiger partial charge in [-0.3, -0.25) is 0 Å². The van der Waals surface area contributed by atoms with Gasteiger partial charge in [-0.1, -0.05) is 49.1 Å². The fraction of sp³-hybridized carbons (Fsp3) is 0.500. The molecule has 0 aliphatic heterocycles. The van der Waals surface area contributed by atoms with E-state index in [-0.39, 0.29) is 0 Å². The summed E-state index contributed by atoms with van der Waals surface area (Å²) in [4.78, 5) is 2.66. The smallest absolute Gasteiger partial charge is 0.107 e. The summed E-state index contributed by atoms with van der Waals surface area (Å²) in [5, 5.41) is 0.641. The van der Waals surface area contributed by atoms with Gasteiger partial charge in [-0.15, -0.1) is 0 Å². The Kier molecular flexibility index (Phi) is 4.46. The molecule has 0 unspecified atom stereocenters. The molecule has 0 amide bonds. The van der Waals surface area contributed by atoms with Gasteiger partial charge in [0, 0.05) is 18.8 Å². The van der Waals surface area contributed by atoms with Gasteiger partial charge < -0.3 is 10.6 Å². The number of anilines is 1. The molecular formula is C14H19ClN2S. The van der Waals surface area contributed by atoms with Crippen molar-refractivity contribution in [3.05, 3.63) is 28.8 Å². The van der Waals surface area contributed by atoms with Crippen LogP contribution in [0.4, 0.5) is 5.69 Å². The molecule has 0 radical (unpaired) electrons. The Labute approximate surface area is 119 Å². The maximum absolute atomic E-state index is 6.21. The fourth-order valence-electron chi connectivity index (χ4n) is 2.72. The quantitative estimate of drug-likeness (QED) is 0.857. The van der Waals surface area contributed by atoms with Gasteiger partial charge >= 0.3 is 0 Å². The van der Waals surface area contributed by atoms with Gasteiger partial charge in [0.05, 0.1) is 10.6 Å². The number of benzene rings is 1. The van der Waals surface area contributed by atoms with Crippen molar-refractivity contribution in [2.24, 2.45) is 5.73 Å². The Bertz CT molecular complexity index is 441. The molecule has 0 atom stereocenters. The second-order valence-electron chi connectivity index (χ2n) is 4.90. The molecule has 18 heavy (non-hydrogen) atoms. The zero-order valence-electron chi connectivity index (χ0n) is 10.7. The first-order valence-corrected chi connectivity index (χ1v) is 7.21. The standard InChI is InChI=1S/C14H19ClN2S/c1-17(10-6-3-2-4-7-10)12-9-5-8-11(15)13(12)14(16)18/h5,8-10H,2-4,6-7H2,1H3,(H2,16,18). The lowest BCUT2D eigenvalue weighted by Crippen LogP contribution is -2.34. The molecule has 0 heterocycles. The highest BCUT2D eigenvalue weighted by atomic mass is 35.5. The third-order valence-corrected chi connectivity index (χ3v) is 4.26. The predicted molar refractivity (Wildman–Crippen MR) is 82.6 cm³/mol. The van der Waals surface area contributed by atoms with Crippen molar-refractivity contribution in [1.82, 2.24) is 0 Å². The van der Waals surface area contributed by atoms with Crippen LogP contribution in [0.1, 0.15) is 37.7 Å². The lowest BCUT2D eigenvalue weighted by molar-refractivity contribution is 0.427. The predicted octanol–water partition coefficient (Wildman–Crippen LogP) is 3.74. The number of hydrogen-bond donors (Lipinski definition) is 1. The van der Waals surface area contributed by atoms with Crippen molar-refractivity contribution in [2.45, 2.75) is 38.1 Å². The second kappa shape index (κ2) is 5.89. The van der Waals surface area contributed by atoms with Gasteiger partial charge in [-0.25, -0.2) is 0 Å². The summed E-state index contributed by atoms with van der Waals surface area (Å²) in [6, 6.07) is 6.42. The lowest BCUT2D eigenvalue weighted by atomic mass is 9.94. The molecule has 1 aliphatic carbocycles. The van der Waals surface area contributed by atoms with E-state index in [9.17, 15) is 0 Å². The zero-order chi connectivity index (χ0) is 13.1.